The van der Waals surface area contributed by atoms with Crippen molar-refractivity contribution in [1.29, 1.82) is 0 Å². The van der Waals surface area contributed by atoms with Crippen LogP contribution in [0.4, 0.5) is 4.39 Å². The number of carbonyl (C=O) groups excluding carboxylic acids is 2. The van der Waals surface area contributed by atoms with Gasteiger partial charge in [-0.25, -0.2) is 4.39 Å². The summed E-state index contributed by atoms with van der Waals surface area (Å²) in [5.41, 5.74) is 2.11. The molecule has 7 heteroatoms. The molecule has 0 aliphatic carbocycles. The van der Waals surface area contributed by atoms with Crippen LogP contribution in [0, 0.1) is 5.82 Å². The molecule has 4 rings (SSSR count). The van der Waals surface area contributed by atoms with Crippen molar-refractivity contribution in [2.75, 3.05) is 26.2 Å². The number of likely N-dealkylation sites (tertiary alicyclic amines) is 1. The minimum atomic E-state index is -0.494. The molecule has 2 saturated heterocycles. The standard InChI is InChI=1S/C21H23FN4O2/c22-18-3-1-15(2-4-18)12-25-10-9-24-21(28)19(25)11-20(27)26-13-17(14-26)16-5-7-23-8-6-16/h1-8,17,19H,9-14H2,(H,24,28). The van der Waals surface area contributed by atoms with Gasteiger partial charge in [-0.3, -0.25) is 19.5 Å². The van der Waals surface area contributed by atoms with Crippen molar-refractivity contribution in [3.63, 3.8) is 0 Å². The van der Waals surface area contributed by atoms with Gasteiger partial charge in [0, 0.05) is 51.0 Å². The van der Waals surface area contributed by atoms with Gasteiger partial charge in [0.15, 0.2) is 0 Å². The zero-order valence-corrected chi connectivity index (χ0v) is 15.6. The summed E-state index contributed by atoms with van der Waals surface area (Å²) in [5, 5.41) is 2.85. The fourth-order valence-corrected chi connectivity index (χ4v) is 3.82. The van der Waals surface area contributed by atoms with Crippen molar-refractivity contribution >= 4 is 11.8 Å². The highest BCUT2D eigenvalue weighted by Crippen LogP contribution is 2.27. The van der Waals surface area contributed by atoms with Crippen molar-refractivity contribution in [3.05, 3.63) is 65.7 Å². The van der Waals surface area contributed by atoms with E-state index in [4.69, 9.17) is 0 Å². The van der Waals surface area contributed by atoms with Gasteiger partial charge >= 0.3 is 0 Å². The maximum absolute atomic E-state index is 13.1. The van der Waals surface area contributed by atoms with Crippen LogP contribution < -0.4 is 5.32 Å². The summed E-state index contributed by atoms with van der Waals surface area (Å²) < 4.78 is 13.1. The quantitative estimate of drug-likeness (QED) is 0.852. The molecule has 0 spiro atoms. The predicted molar refractivity (Wildman–Crippen MR) is 102 cm³/mol. The van der Waals surface area contributed by atoms with E-state index in [0.717, 1.165) is 5.56 Å². The smallest absolute Gasteiger partial charge is 0.237 e. The van der Waals surface area contributed by atoms with Gasteiger partial charge in [0.05, 0.1) is 12.5 Å². The van der Waals surface area contributed by atoms with Crippen LogP contribution in [0.1, 0.15) is 23.5 Å². The number of rotatable bonds is 5. The fourth-order valence-electron chi connectivity index (χ4n) is 3.82. The summed E-state index contributed by atoms with van der Waals surface area (Å²) >= 11 is 0. The van der Waals surface area contributed by atoms with Gasteiger partial charge in [0.2, 0.25) is 11.8 Å². The SMILES string of the molecule is O=C1NCCN(Cc2ccc(F)cc2)C1CC(=O)N1CC(c2ccncc2)C1. The Morgan fingerprint density at radius 3 is 2.57 bits per heavy atom. The number of halogens is 1. The normalized spacial score (nSPS) is 20.5. The first-order chi connectivity index (χ1) is 13.6. The molecule has 2 aliphatic heterocycles. The van der Waals surface area contributed by atoms with Gasteiger partial charge in [-0.1, -0.05) is 12.1 Å². The molecule has 1 atom stereocenters. The van der Waals surface area contributed by atoms with E-state index in [2.05, 4.69) is 10.3 Å². The van der Waals surface area contributed by atoms with Gasteiger partial charge in [0.1, 0.15) is 5.82 Å². The third-order valence-electron chi connectivity index (χ3n) is 5.52. The highest BCUT2D eigenvalue weighted by atomic mass is 19.1. The van der Waals surface area contributed by atoms with Gasteiger partial charge in [-0.15, -0.1) is 0 Å². The molecular formula is C21H23FN4O2. The van der Waals surface area contributed by atoms with E-state index < -0.39 is 6.04 Å². The second-order valence-corrected chi connectivity index (χ2v) is 7.38. The lowest BCUT2D eigenvalue weighted by atomic mass is 9.91. The molecule has 28 heavy (non-hydrogen) atoms. The molecule has 2 fully saturated rings. The van der Waals surface area contributed by atoms with E-state index in [1.807, 2.05) is 21.9 Å². The summed E-state index contributed by atoms with van der Waals surface area (Å²) in [4.78, 5) is 33.0. The molecule has 2 aliphatic rings. The van der Waals surface area contributed by atoms with Crippen molar-refractivity contribution in [1.82, 2.24) is 20.1 Å². The Balaban J connectivity index is 1.36. The van der Waals surface area contributed by atoms with Crippen LogP contribution in [0.3, 0.4) is 0 Å². The molecule has 2 aromatic rings. The van der Waals surface area contributed by atoms with Crippen molar-refractivity contribution in [2.24, 2.45) is 0 Å². The van der Waals surface area contributed by atoms with E-state index in [9.17, 15) is 14.0 Å². The molecule has 6 nitrogen and oxygen atoms in total. The summed E-state index contributed by atoms with van der Waals surface area (Å²) in [6, 6.07) is 9.73. The minimum absolute atomic E-state index is 0.00328. The molecule has 0 bridgehead atoms. The monoisotopic (exact) mass is 382 g/mol. The molecule has 0 radical (unpaired) electrons. The third-order valence-corrected chi connectivity index (χ3v) is 5.52. The molecule has 1 aromatic carbocycles. The Hall–Kier alpha value is -2.80. The number of aromatic nitrogens is 1. The number of hydrogen-bond donors (Lipinski definition) is 1. The van der Waals surface area contributed by atoms with E-state index in [1.54, 1.807) is 24.5 Å². The Morgan fingerprint density at radius 2 is 1.86 bits per heavy atom. The van der Waals surface area contributed by atoms with Crippen LogP contribution in [-0.4, -0.2) is 58.8 Å². The topological polar surface area (TPSA) is 65.5 Å². The Kier molecular flexibility index (Phi) is 5.34. The summed E-state index contributed by atoms with van der Waals surface area (Å²) in [6.45, 7) is 3.09. The van der Waals surface area contributed by atoms with E-state index in [1.165, 1.54) is 17.7 Å². The lowest BCUT2D eigenvalue weighted by Gasteiger charge is -2.41. The summed E-state index contributed by atoms with van der Waals surface area (Å²) in [7, 11) is 0. The molecule has 2 amide bonds. The van der Waals surface area contributed by atoms with Crippen LogP contribution in [0.15, 0.2) is 48.8 Å². The molecule has 3 heterocycles. The van der Waals surface area contributed by atoms with Gasteiger partial charge in [-0.05, 0) is 35.4 Å². The van der Waals surface area contributed by atoms with Crippen LogP contribution >= 0.6 is 0 Å². The second-order valence-electron chi connectivity index (χ2n) is 7.38. The van der Waals surface area contributed by atoms with Crippen LogP contribution in [0.5, 0.6) is 0 Å². The van der Waals surface area contributed by atoms with Gasteiger partial charge < -0.3 is 10.2 Å². The number of piperazine rings is 1. The lowest BCUT2D eigenvalue weighted by molar-refractivity contribution is -0.142. The van der Waals surface area contributed by atoms with Crippen LogP contribution in [0.2, 0.25) is 0 Å². The average molecular weight is 382 g/mol. The van der Waals surface area contributed by atoms with Crippen molar-refractivity contribution < 1.29 is 14.0 Å². The number of nitrogens with one attached hydrogen (secondary N) is 1. The Labute approximate surface area is 163 Å². The largest absolute Gasteiger partial charge is 0.353 e. The van der Waals surface area contributed by atoms with E-state index >= 15 is 0 Å². The molecule has 1 unspecified atom stereocenters. The predicted octanol–water partition coefficient (Wildman–Crippen LogP) is 1.54. The fraction of sp³-hybridized carbons (Fsp3) is 0.381. The summed E-state index contributed by atoms with van der Waals surface area (Å²) in [6.07, 6.45) is 3.69. The molecule has 146 valence electrons. The number of nitrogens with zero attached hydrogens (tertiary/aromatic N) is 3. The highest BCUT2D eigenvalue weighted by molar-refractivity contribution is 5.89. The van der Waals surface area contributed by atoms with Gasteiger partial charge in [-0.2, -0.15) is 0 Å². The zero-order valence-electron chi connectivity index (χ0n) is 15.6. The minimum Gasteiger partial charge on any atom is -0.353 e. The maximum atomic E-state index is 13.1. The first-order valence-electron chi connectivity index (χ1n) is 9.54. The molecule has 1 aromatic heterocycles. The number of pyridine rings is 1. The number of amides is 2. The number of benzene rings is 1. The Bertz CT molecular complexity index is 837. The summed E-state index contributed by atoms with van der Waals surface area (Å²) in [5.74, 6) is -0.0692. The third kappa shape index (κ3) is 4.04. The maximum Gasteiger partial charge on any atom is 0.237 e. The van der Waals surface area contributed by atoms with Crippen LogP contribution in [-0.2, 0) is 16.1 Å². The Morgan fingerprint density at radius 1 is 1.14 bits per heavy atom. The average Bonchev–Trinajstić information content (AvgIpc) is 2.66. The first kappa shape index (κ1) is 18.6. The number of hydrogen-bond acceptors (Lipinski definition) is 4. The molecule has 0 saturated carbocycles. The number of carbonyl (C=O) groups is 2. The zero-order chi connectivity index (χ0) is 19.5. The molecule has 1 N–H and O–H groups in total. The molecular weight excluding hydrogens is 359 g/mol. The first-order valence-corrected chi connectivity index (χ1v) is 9.54. The van der Waals surface area contributed by atoms with Crippen LogP contribution in [0.25, 0.3) is 0 Å². The van der Waals surface area contributed by atoms with E-state index in [0.29, 0.717) is 38.6 Å². The van der Waals surface area contributed by atoms with Crippen molar-refractivity contribution in [3.8, 4) is 0 Å². The lowest BCUT2D eigenvalue weighted by Crippen LogP contribution is -2.57. The van der Waals surface area contributed by atoms with Gasteiger partial charge in [0.25, 0.3) is 0 Å². The highest BCUT2D eigenvalue weighted by Gasteiger charge is 2.37. The second kappa shape index (κ2) is 8.06. The van der Waals surface area contributed by atoms with Crippen molar-refractivity contribution in [2.45, 2.75) is 24.9 Å². The van der Waals surface area contributed by atoms with E-state index in [-0.39, 0.29) is 24.1 Å².